The van der Waals surface area contributed by atoms with Gasteiger partial charge in [0.1, 0.15) is 18.2 Å². The van der Waals surface area contributed by atoms with Crippen molar-refractivity contribution in [1.82, 2.24) is 13.9 Å². The molecule has 0 amide bonds. The molecule has 1 aromatic carbocycles. The summed E-state index contributed by atoms with van der Waals surface area (Å²) >= 11 is 1.46. The summed E-state index contributed by atoms with van der Waals surface area (Å²) < 4.78 is 39.5. The number of aryl methyl sites for hydroxylation is 3. The maximum Gasteiger partial charge on any atom is 0.405 e. The molecule has 0 unspecified atom stereocenters. The van der Waals surface area contributed by atoms with Crippen molar-refractivity contribution in [3.8, 4) is 0 Å². The van der Waals surface area contributed by atoms with Crippen LogP contribution < -0.4 is 5.32 Å². The van der Waals surface area contributed by atoms with E-state index >= 15 is 0 Å². The average molecular weight is 366 g/mol. The molecule has 4 nitrogen and oxygen atoms in total. The van der Waals surface area contributed by atoms with Gasteiger partial charge in [-0.3, -0.25) is 3.97 Å². The Bertz CT molecular complexity index is 901. The van der Waals surface area contributed by atoms with Crippen molar-refractivity contribution in [3.05, 3.63) is 47.4 Å². The Balaban J connectivity index is 2.01. The first-order valence-electron chi connectivity index (χ1n) is 7.65. The second-order valence-corrected chi connectivity index (χ2v) is 6.88. The Morgan fingerprint density at radius 3 is 2.40 bits per heavy atom. The average Bonchev–Trinajstić information content (AvgIpc) is 2.82. The third kappa shape index (κ3) is 4.07. The fourth-order valence-electron chi connectivity index (χ4n) is 2.48. The lowest BCUT2D eigenvalue weighted by Gasteiger charge is -2.11. The summed E-state index contributed by atoms with van der Waals surface area (Å²) in [5.41, 5.74) is 2.58. The molecule has 1 N–H and O–H groups in total. The highest BCUT2D eigenvalue weighted by Gasteiger charge is 2.27. The number of benzene rings is 1. The van der Waals surface area contributed by atoms with Crippen LogP contribution in [0.3, 0.4) is 0 Å². The highest BCUT2D eigenvalue weighted by molar-refractivity contribution is 7.98. The minimum absolute atomic E-state index is 0.209. The van der Waals surface area contributed by atoms with Gasteiger partial charge in [-0.25, -0.2) is 9.97 Å². The fraction of sp³-hybridized carbons (Fsp3) is 0.294. The number of fused-ring (bicyclic) bond motifs is 1. The minimum atomic E-state index is -4.31. The van der Waals surface area contributed by atoms with Crippen molar-refractivity contribution < 1.29 is 13.2 Å². The summed E-state index contributed by atoms with van der Waals surface area (Å²) in [6.45, 7) is 4.39. The van der Waals surface area contributed by atoms with Crippen LogP contribution in [-0.4, -0.2) is 26.7 Å². The SMILES string of the molecule is Cc1ccc(Sn2cc(C)c3c(NCC(F)(F)F)nc(C)nc32)cc1. The molecule has 2 heterocycles. The van der Waals surface area contributed by atoms with Gasteiger partial charge in [0, 0.05) is 11.1 Å². The predicted molar refractivity (Wildman–Crippen MR) is 94.0 cm³/mol. The van der Waals surface area contributed by atoms with E-state index in [0.29, 0.717) is 16.9 Å². The normalized spacial score (nSPS) is 11.9. The number of nitrogens with one attached hydrogen (secondary N) is 1. The first kappa shape index (κ1) is 17.6. The van der Waals surface area contributed by atoms with Crippen molar-refractivity contribution in [2.75, 3.05) is 11.9 Å². The molecule has 0 radical (unpaired) electrons. The Kier molecular flexibility index (Phi) is 4.64. The van der Waals surface area contributed by atoms with E-state index in [2.05, 4.69) is 15.3 Å². The van der Waals surface area contributed by atoms with E-state index in [0.717, 1.165) is 16.0 Å². The van der Waals surface area contributed by atoms with Crippen molar-refractivity contribution >= 4 is 28.8 Å². The lowest BCUT2D eigenvalue weighted by atomic mass is 10.2. The van der Waals surface area contributed by atoms with Gasteiger partial charge >= 0.3 is 6.18 Å². The Morgan fingerprint density at radius 2 is 1.76 bits per heavy atom. The van der Waals surface area contributed by atoms with Crippen molar-refractivity contribution in [1.29, 1.82) is 0 Å². The second kappa shape index (κ2) is 6.59. The van der Waals surface area contributed by atoms with Crippen LogP contribution >= 0.6 is 11.9 Å². The molecule has 132 valence electrons. The van der Waals surface area contributed by atoms with Crippen LogP contribution in [0, 0.1) is 20.8 Å². The van der Waals surface area contributed by atoms with Crippen molar-refractivity contribution in [2.24, 2.45) is 0 Å². The zero-order chi connectivity index (χ0) is 18.2. The minimum Gasteiger partial charge on any atom is -0.360 e. The largest absolute Gasteiger partial charge is 0.405 e. The molecule has 3 rings (SSSR count). The maximum absolute atomic E-state index is 12.6. The topological polar surface area (TPSA) is 42.7 Å². The van der Waals surface area contributed by atoms with Gasteiger partial charge in [0.15, 0.2) is 5.65 Å². The molecule has 8 heteroatoms. The van der Waals surface area contributed by atoms with E-state index < -0.39 is 12.7 Å². The van der Waals surface area contributed by atoms with E-state index in [-0.39, 0.29) is 5.82 Å². The molecule has 2 aromatic heterocycles. The van der Waals surface area contributed by atoms with Crippen LogP contribution in [0.15, 0.2) is 35.4 Å². The molecular formula is C17H17F3N4S. The number of alkyl halides is 3. The van der Waals surface area contributed by atoms with Crippen molar-refractivity contribution in [3.63, 3.8) is 0 Å². The van der Waals surface area contributed by atoms with Crippen LogP contribution in [0.25, 0.3) is 11.0 Å². The monoisotopic (exact) mass is 366 g/mol. The van der Waals surface area contributed by atoms with E-state index in [4.69, 9.17) is 0 Å². The van der Waals surface area contributed by atoms with E-state index in [1.165, 1.54) is 11.9 Å². The van der Waals surface area contributed by atoms with Crippen LogP contribution in [0.2, 0.25) is 0 Å². The van der Waals surface area contributed by atoms with Gasteiger partial charge in [-0.15, -0.1) is 0 Å². The molecule has 0 aliphatic carbocycles. The zero-order valence-electron chi connectivity index (χ0n) is 14.0. The van der Waals surface area contributed by atoms with Gasteiger partial charge in [0.2, 0.25) is 0 Å². The molecule has 0 atom stereocenters. The standard InChI is InChI=1S/C17H17F3N4S/c1-10-4-6-13(7-5-10)25-24-8-11(2)14-15(21-9-17(18,19)20)22-12(3)23-16(14)24/h4-8H,9H2,1-3H3,(H,21,22,23). The van der Waals surface area contributed by atoms with Gasteiger partial charge in [0.05, 0.1) is 5.39 Å². The summed E-state index contributed by atoms with van der Waals surface area (Å²) in [7, 11) is 0. The third-order valence-electron chi connectivity index (χ3n) is 3.60. The molecule has 0 aliphatic rings. The first-order valence-corrected chi connectivity index (χ1v) is 8.42. The van der Waals surface area contributed by atoms with Gasteiger partial charge in [-0.2, -0.15) is 13.2 Å². The second-order valence-electron chi connectivity index (χ2n) is 5.83. The zero-order valence-corrected chi connectivity index (χ0v) is 14.8. The number of rotatable bonds is 4. The Labute approximate surface area is 147 Å². The summed E-state index contributed by atoms with van der Waals surface area (Å²) in [5, 5.41) is 3.00. The fourth-order valence-corrected chi connectivity index (χ4v) is 3.39. The Morgan fingerprint density at radius 1 is 1.08 bits per heavy atom. The molecule has 25 heavy (non-hydrogen) atoms. The molecule has 0 saturated carbocycles. The predicted octanol–water partition coefficient (Wildman–Crippen LogP) is 4.89. The maximum atomic E-state index is 12.6. The first-order chi connectivity index (χ1) is 11.7. The van der Waals surface area contributed by atoms with Gasteiger partial charge in [-0.05, 0) is 50.4 Å². The summed E-state index contributed by atoms with van der Waals surface area (Å²) in [6.07, 6.45) is -2.44. The third-order valence-corrected chi connectivity index (χ3v) is 4.55. The molecular weight excluding hydrogens is 349 g/mol. The molecule has 0 spiro atoms. The molecule has 0 bridgehead atoms. The smallest absolute Gasteiger partial charge is 0.360 e. The molecule has 0 aliphatic heterocycles. The van der Waals surface area contributed by atoms with E-state index in [9.17, 15) is 13.2 Å². The lowest BCUT2D eigenvalue weighted by molar-refractivity contribution is -0.115. The van der Waals surface area contributed by atoms with Crippen LogP contribution in [0.1, 0.15) is 17.0 Å². The molecule has 0 saturated heterocycles. The van der Waals surface area contributed by atoms with Gasteiger partial charge < -0.3 is 5.32 Å². The quantitative estimate of drug-likeness (QED) is 0.714. The highest BCUT2D eigenvalue weighted by Crippen LogP contribution is 2.32. The van der Waals surface area contributed by atoms with Crippen molar-refractivity contribution in [2.45, 2.75) is 31.8 Å². The van der Waals surface area contributed by atoms with E-state index in [1.807, 2.05) is 48.3 Å². The molecule has 3 aromatic rings. The number of anilines is 1. The summed E-state index contributed by atoms with van der Waals surface area (Å²) in [6, 6.07) is 8.02. The number of aromatic nitrogens is 3. The van der Waals surface area contributed by atoms with Gasteiger partial charge in [0.25, 0.3) is 0 Å². The number of halogens is 3. The van der Waals surface area contributed by atoms with Crippen LogP contribution in [0.4, 0.5) is 19.0 Å². The summed E-state index contributed by atoms with van der Waals surface area (Å²) in [5.74, 6) is 0.626. The number of hydrogen-bond donors (Lipinski definition) is 1. The molecule has 0 fully saturated rings. The number of nitrogens with zero attached hydrogens (tertiary/aromatic N) is 3. The summed E-state index contributed by atoms with van der Waals surface area (Å²) in [4.78, 5) is 9.59. The number of hydrogen-bond acceptors (Lipinski definition) is 4. The highest BCUT2D eigenvalue weighted by atomic mass is 32.2. The Hall–Kier alpha value is -2.22. The van der Waals surface area contributed by atoms with Crippen LogP contribution in [-0.2, 0) is 0 Å². The van der Waals surface area contributed by atoms with Crippen LogP contribution in [0.5, 0.6) is 0 Å². The lowest BCUT2D eigenvalue weighted by Crippen LogP contribution is -2.22. The van der Waals surface area contributed by atoms with Gasteiger partial charge in [-0.1, -0.05) is 17.7 Å². The van der Waals surface area contributed by atoms with E-state index in [1.54, 1.807) is 6.92 Å².